The summed E-state index contributed by atoms with van der Waals surface area (Å²) >= 11 is 0. The van der Waals surface area contributed by atoms with Crippen molar-refractivity contribution in [2.75, 3.05) is 0 Å². The first-order chi connectivity index (χ1) is 5.56. The third kappa shape index (κ3) is 2.01. The largest absolute Gasteiger partial charge is 0.390 e. The quantitative estimate of drug-likeness (QED) is 0.675. The van der Waals surface area contributed by atoms with Crippen molar-refractivity contribution in [2.24, 2.45) is 11.8 Å². The van der Waals surface area contributed by atoms with Gasteiger partial charge in [0.05, 0.1) is 5.60 Å². The minimum Gasteiger partial charge on any atom is -0.390 e. The summed E-state index contributed by atoms with van der Waals surface area (Å²) in [5.74, 6) is 1.06. The molecule has 0 bridgehead atoms. The Bertz CT molecular complexity index is 134. The first kappa shape index (κ1) is 10.0. The van der Waals surface area contributed by atoms with Crippen molar-refractivity contribution >= 4 is 0 Å². The van der Waals surface area contributed by atoms with Crippen LogP contribution in [0.1, 0.15) is 52.9 Å². The normalized spacial score (nSPS) is 25.8. The van der Waals surface area contributed by atoms with Crippen LogP contribution in [0.5, 0.6) is 0 Å². The maximum absolute atomic E-state index is 10.3. The van der Waals surface area contributed by atoms with Crippen LogP contribution in [-0.2, 0) is 0 Å². The van der Waals surface area contributed by atoms with Crippen molar-refractivity contribution in [3.8, 4) is 0 Å². The van der Waals surface area contributed by atoms with Gasteiger partial charge in [-0.15, -0.1) is 0 Å². The van der Waals surface area contributed by atoms with E-state index in [9.17, 15) is 5.11 Å². The van der Waals surface area contributed by atoms with Crippen molar-refractivity contribution in [2.45, 2.75) is 58.5 Å². The fraction of sp³-hybridized carbons (Fsp3) is 1.00. The summed E-state index contributed by atoms with van der Waals surface area (Å²) in [4.78, 5) is 0. The van der Waals surface area contributed by atoms with E-state index >= 15 is 0 Å². The second-order valence-electron chi connectivity index (χ2n) is 4.70. The van der Waals surface area contributed by atoms with Gasteiger partial charge in [-0.05, 0) is 24.7 Å². The summed E-state index contributed by atoms with van der Waals surface area (Å²) in [5, 5.41) is 10.3. The summed E-state index contributed by atoms with van der Waals surface area (Å²) in [7, 11) is 0. The zero-order chi connectivity index (χ0) is 9.19. The van der Waals surface area contributed by atoms with Gasteiger partial charge < -0.3 is 5.11 Å². The molecule has 0 heterocycles. The van der Waals surface area contributed by atoms with E-state index < -0.39 is 0 Å². The van der Waals surface area contributed by atoms with E-state index in [-0.39, 0.29) is 5.60 Å². The molecule has 0 aromatic carbocycles. The fourth-order valence-corrected chi connectivity index (χ4v) is 2.24. The fourth-order valence-electron chi connectivity index (χ4n) is 2.24. The SMILES string of the molecule is CC(C)C(C)C1(O)CCCCC1. The lowest BCUT2D eigenvalue weighted by molar-refractivity contribution is -0.0580. The number of hydrogen-bond donors (Lipinski definition) is 1. The molecule has 0 aromatic rings. The second kappa shape index (κ2) is 3.78. The smallest absolute Gasteiger partial charge is 0.0675 e. The lowest BCUT2D eigenvalue weighted by Crippen LogP contribution is -2.40. The Morgan fingerprint density at radius 1 is 1.00 bits per heavy atom. The predicted octanol–water partition coefficient (Wildman–Crippen LogP) is 2.97. The van der Waals surface area contributed by atoms with Crippen LogP contribution < -0.4 is 0 Å². The Kier molecular flexibility index (Phi) is 3.16. The first-order valence-corrected chi connectivity index (χ1v) is 5.28. The van der Waals surface area contributed by atoms with Crippen LogP contribution in [0.3, 0.4) is 0 Å². The standard InChI is InChI=1S/C11H22O/c1-9(2)10(3)11(12)7-5-4-6-8-11/h9-10,12H,4-8H2,1-3H3. The van der Waals surface area contributed by atoms with Crippen molar-refractivity contribution < 1.29 is 5.11 Å². The van der Waals surface area contributed by atoms with Gasteiger partial charge in [-0.1, -0.05) is 40.0 Å². The van der Waals surface area contributed by atoms with Crippen LogP contribution in [0.25, 0.3) is 0 Å². The molecule has 0 spiro atoms. The Balaban J connectivity index is 2.56. The van der Waals surface area contributed by atoms with E-state index in [1.807, 2.05) is 0 Å². The molecule has 0 saturated heterocycles. The zero-order valence-electron chi connectivity index (χ0n) is 8.64. The average molecular weight is 170 g/mol. The van der Waals surface area contributed by atoms with E-state index in [1.165, 1.54) is 19.3 Å². The van der Waals surface area contributed by atoms with Gasteiger partial charge in [0.25, 0.3) is 0 Å². The van der Waals surface area contributed by atoms with E-state index in [2.05, 4.69) is 20.8 Å². The molecule has 0 aromatic heterocycles. The molecule has 1 aliphatic carbocycles. The van der Waals surface area contributed by atoms with Crippen LogP contribution >= 0.6 is 0 Å². The second-order valence-corrected chi connectivity index (χ2v) is 4.70. The molecule has 1 nitrogen and oxygen atoms in total. The van der Waals surface area contributed by atoms with Crippen LogP contribution in [0.2, 0.25) is 0 Å². The average Bonchev–Trinajstić information content (AvgIpc) is 2.04. The Morgan fingerprint density at radius 3 is 1.92 bits per heavy atom. The summed E-state index contributed by atoms with van der Waals surface area (Å²) in [6.07, 6.45) is 5.78. The first-order valence-electron chi connectivity index (χ1n) is 5.28. The van der Waals surface area contributed by atoms with Crippen molar-refractivity contribution in [1.82, 2.24) is 0 Å². The van der Waals surface area contributed by atoms with Crippen LogP contribution in [-0.4, -0.2) is 10.7 Å². The van der Waals surface area contributed by atoms with Gasteiger partial charge in [-0.2, -0.15) is 0 Å². The van der Waals surface area contributed by atoms with E-state index in [0.717, 1.165) is 12.8 Å². The molecular weight excluding hydrogens is 148 g/mol. The Morgan fingerprint density at radius 2 is 1.50 bits per heavy atom. The predicted molar refractivity (Wildman–Crippen MR) is 52.0 cm³/mol. The van der Waals surface area contributed by atoms with Gasteiger partial charge in [-0.25, -0.2) is 0 Å². The molecule has 1 fully saturated rings. The topological polar surface area (TPSA) is 20.2 Å². The zero-order valence-corrected chi connectivity index (χ0v) is 8.64. The highest BCUT2D eigenvalue weighted by molar-refractivity contribution is 4.88. The minimum absolute atomic E-state index is 0.341. The van der Waals surface area contributed by atoms with Gasteiger partial charge in [-0.3, -0.25) is 0 Å². The molecule has 1 unspecified atom stereocenters. The highest BCUT2D eigenvalue weighted by Gasteiger charge is 2.36. The van der Waals surface area contributed by atoms with Crippen LogP contribution in [0.4, 0.5) is 0 Å². The van der Waals surface area contributed by atoms with Gasteiger partial charge in [0.2, 0.25) is 0 Å². The van der Waals surface area contributed by atoms with Gasteiger partial charge in [0.15, 0.2) is 0 Å². The van der Waals surface area contributed by atoms with E-state index in [4.69, 9.17) is 0 Å². The highest BCUT2D eigenvalue weighted by atomic mass is 16.3. The molecule has 0 aliphatic heterocycles. The van der Waals surface area contributed by atoms with Gasteiger partial charge in [0, 0.05) is 0 Å². The summed E-state index contributed by atoms with van der Waals surface area (Å²) in [6.45, 7) is 6.60. The maximum atomic E-state index is 10.3. The number of rotatable bonds is 2. The molecular formula is C11H22O. The third-order valence-electron chi connectivity index (χ3n) is 3.57. The number of hydrogen-bond acceptors (Lipinski definition) is 1. The Hall–Kier alpha value is -0.0400. The molecule has 1 rings (SSSR count). The molecule has 0 radical (unpaired) electrons. The summed E-state index contributed by atoms with van der Waals surface area (Å²) < 4.78 is 0. The molecule has 0 amide bonds. The summed E-state index contributed by atoms with van der Waals surface area (Å²) in [6, 6.07) is 0. The highest BCUT2D eigenvalue weighted by Crippen LogP contribution is 2.37. The van der Waals surface area contributed by atoms with E-state index in [0.29, 0.717) is 11.8 Å². The van der Waals surface area contributed by atoms with Crippen LogP contribution in [0, 0.1) is 11.8 Å². The number of aliphatic hydroxyl groups is 1. The monoisotopic (exact) mass is 170 g/mol. The van der Waals surface area contributed by atoms with E-state index in [1.54, 1.807) is 0 Å². The van der Waals surface area contributed by atoms with Crippen molar-refractivity contribution in [1.29, 1.82) is 0 Å². The molecule has 1 N–H and O–H groups in total. The van der Waals surface area contributed by atoms with Gasteiger partial charge >= 0.3 is 0 Å². The molecule has 72 valence electrons. The lowest BCUT2D eigenvalue weighted by atomic mass is 9.72. The Labute approximate surface area is 76.2 Å². The molecule has 12 heavy (non-hydrogen) atoms. The van der Waals surface area contributed by atoms with Gasteiger partial charge in [0.1, 0.15) is 0 Å². The summed E-state index contributed by atoms with van der Waals surface area (Å²) in [5.41, 5.74) is -0.341. The molecule has 1 heteroatoms. The van der Waals surface area contributed by atoms with Crippen molar-refractivity contribution in [3.05, 3.63) is 0 Å². The molecule has 1 aliphatic rings. The molecule has 1 atom stereocenters. The lowest BCUT2D eigenvalue weighted by Gasteiger charge is -2.39. The maximum Gasteiger partial charge on any atom is 0.0675 e. The van der Waals surface area contributed by atoms with Crippen LogP contribution in [0.15, 0.2) is 0 Å². The molecule has 1 saturated carbocycles. The minimum atomic E-state index is -0.341. The van der Waals surface area contributed by atoms with Crippen molar-refractivity contribution in [3.63, 3.8) is 0 Å². The third-order valence-corrected chi connectivity index (χ3v) is 3.57.